The smallest absolute Gasteiger partial charge is 0.270 e. The minimum Gasteiger partial charge on any atom is -0.387 e. The Morgan fingerprint density at radius 2 is 2.30 bits per heavy atom. The largest absolute Gasteiger partial charge is 0.387 e. The van der Waals surface area contributed by atoms with E-state index in [1.807, 2.05) is 0 Å². The molecule has 0 fully saturated rings. The maximum atomic E-state index is 12.3. The molecule has 120 valence electrons. The van der Waals surface area contributed by atoms with Gasteiger partial charge in [0.15, 0.2) is 4.34 Å². The third kappa shape index (κ3) is 4.27. The highest BCUT2D eigenvalue weighted by Gasteiger charge is 2.17. The predicted molar refractivity (Wildman–Crippen MR) is 91.4 cm³/mol. The van der Waals surface area contributed by atoms with E-state index in [0.717, 1.165) is 0 Å². The number of aromatic nitrogens is 2. The van der Waals surface area contributed by atoms with Crippen molar-refractivity contribution in [2.24, 2.45) is 0 Å². The first-order valence-corrected chi connectivity index (χ1v) is 8.20. The average Bonchev–Trinajstić information content (AvgIpc) is 2.99. The zero-order chi connectivity index (χ0) is 16.8. The summed E-state index contributed by atoms with van der Waals surface area (Å²) in [4.78, 5) is 22.6. The monoisotopic (exact) mass is 351 g/mol. The molecule has 2 N–H and O–H groups in total. The SMILES string of the molecule is C=CCSc1nnc(NC(=O)c2cc([N+](=O)[O-])ccc2NC)s1. The Morgan fingerprint density at radius 3 is 2.96 bits per heavy atom. The summed E-state index contributed by atoms with van der Waals surface area (Å²) in [5.41, 5.74) is 0.490. The number of benzene rings is 1. The van der Waals surface area contributed by atoms with Crippen LogP contribution >= 0.6 is 23.1 Å². The first kappa shape index (κ1) is 16.9. The van der Waals surface area contributed by atoms with E-state index < -0.39 is 10.8 Å². The lowest BCUT2D eigenvalue weighted by atomic mass is 10.1. The highest BCUT2D eigenvalue weighted by atomic mass is 32.2. The molecular weight excluding hydrogens is 338 g/mol. The van der Waals surface area contributed by atoms with Gasteiger partial charge in [-0.25, -0.2) is 0 Å². The van der Waals surface area contributed by atoms with Gasteiger partial charge in [0.2, 0.25) is 5.13 Å². The van der Waals surface area contributed by atoms with Gasteiger partial charge in [0.05, 0.1) is 10.5 Å². The molecule has 0 bridgehead atoms. The number of amides is 1. The molecule has 2 aromatic rings. The molecule has 0 aliphatic heterocycles. The Kier molecular flexibility index (Phi) is 5.66. The maximum absolute atomic E-state index is 12.3. The number of non-ortho nitro benzene ring substituents is 1. The molecule has 0 radical (unpaired) electrons. The van der Waals surface area contributed by atoms with Crippen LogP contribution in [0.4, 0.5) is 16.5 Å². The van der Waals surface area contributed by atoms with Crippen LogP contribution in [-0.4, -0.2) is 33.8 Å². The fraction of sp³-hybridized carbons (Fsp3) is 0.154. The number of rotatable bonds is 7. The number of nitro benzene ring substituents is 1. The summed E-state index contributed by atoms with van der Waals surface area (Å²) in [6.07, 6.45) is 1.74. The third-order valence-electron chi connectivity index (χ3n) is 2.68. The summed E-state index contributed by atoms with van der Waals surface area (Å²) >= 11 is 2.68. The Labute approximate surface area is 140 Å². The molecule has 8 nitrogen and oxygen atoms in total. The zero-order valence-corrected chi connectivity index (χ0v) is 13.7. The molecule has 2 rings (SSSR count). The number of carbonyl (C=O) groups is 1. The van der Waals surface area contributed by atoms with Gasteiger partial charge in [0, 0.05) is 30.6 Å². The van der Waals surface area contributed by atoms with E-state index in [0.29, 0.717) is 20.9 Å². The molecule has 0 aliphatic carbocycles. The Hall–Kier alpha value is -2.46. The van der Waals surface area contributed by atoms with Crippen molar-refractivity contribution < 1.29 is 9.72 Å². The number of nitro groups is 1. The Balaban J connectivity index is 2.19. The van der Waals surface area contributed by atoms with Crippen molar-refractivity contribution in [1.29, 1.82) is 0 Å². The number of anilines is 2. The van der Waals surface area contributed by atoms with E-state index in [1.165, 1.54) is 41.3 Å². The van der Waals surface area contributed by atoms with Crippen LogP contribution in [0.1, 0.15) is 10.4 Å². The van der Waals surface area contributed by atoms with Crippen LogP contribution in [0.25, 0.3) is 0 Å². The standard InChI is InChI=1S/C13H13N5O3S2/c1-3-6-22-13-17-16-12(23-13)15-11(19)9-7-8(18(20)21)4-5-10(9)14-2/h3-5,7,14H,1,6H2,2H3,(H,15,16,19). The van der Waals surface area contributed by atoms with Gasteiger partial charge in [-0.15, -0.1) is 16.8 Å². The van der Waals surface area contributed by atoms with Gasteiger partial charge in [-0.2, -0.15) is 0 Å². The van der Waals surface area contributed by atoms with E-state index >= 15 is 0 Å². The number of hydrogen-bond donors (Lipinski definition) is 2. The second kappa shape index (κ2) is 7.70. The molecule has 0 unspecified atom stereocenters. The highest BCUT2D eigenvalue weighted by molar-refractivity contribution is 8.01. The van der Waals surface area contributed by atoms with Crippen molar-refractivity contribution >= 4 is 45.5 Å². The van der Waals surface area contributed by atoms with Crippen molar-refractivity contribution in [3.63, 3.8) is 0 Å². The van der Waals surface area contributed by atoms with Gasteiger partial charge >= 0.3 is 0 Å². The summed E-state index contributed by atoms with van der Waals surface area (Å²) in [6, 6.07) is 4.03. The van der Waals surface area contributed by atoms with E-state index in [4.69, 9.17) is 0 Å². The van der Waals surface area contributed by atoms with E-state index in [1.54, 1.807) is 13.1 Å². The normalized spacial score (nSPS) is 10.1. The third-order valence-corrected chi connectivity index (χ3v) is 4.65. The second-order valence-corrected chi connectivity index (χ2v) is 6.41. The first-order valence-electron chi connectivity index (χ1n) is 6.40. The summed E-state index contributed by atoms with van der Waals surface area (Å²) in [5, 5.41) is 24.4. The quantitative estimate of drug-likeness (QED) is 0.259. The first-order chi connectivity index (χ1) is 11.0. The van der Waals surface area contributed by atoms with Gasteiger partial charge < -0.3 is 5.32 Å². The molecule has 1 aromatic carbocycles. The maximum Gasteiger partial charge on any atom is 0.270 e. The molecule has 10 heteroatoms. The molecule has 0 atom stereocenters. The van der Waals surface area contributed by atoms with Gasteiger partial charge in [-0.1, -0.05) is 29.2 Å². The fourth-order valence-corrected chi connectivity index (χ4v) is 3.17. The van der Waals surface area contributed by atoms with Gasteiger partial charge in [0.1, 0.15) is 0 Å². The number of nitrogens with one attached hydrogen (secondary N) is 2. The lowest BCUT2D eigenvalue weighted by molar-refractivity contribution is -0.384. The van der Waals surface area contributed by atoms with Gasteiger partial charge in [0.25, 0.3) is 11.6 Å². The minimum atomic E-state index is -0.550. The van der Waals surface area contributed by atoms with E-state index in [2.05, 4.69) is 27.4 Å². The topological polar surface area (TPSA) is 110 Å². The van der Waals surface area contributed by atoms with Crippen LogP contribution in [0.3, 0.4) is 0 Å². The zero-order valence-electron chi connectivity index (χ0n) is 12.1. The fourth-order valence-electron chi connectivity index (χ4n) is 1.66. The molecule has 0 saturated heterocycles. The second-order valence-electron chi connectivity index (χ2n) is 4.16. The van der Waals surface area contributed by atoms with Crippen molar-refractivity contribution in [3.8, 4) is 0 Å². The lowest BCUT2D eigenvalue weighted by Crippen LogP contribution is -2.14. The summed E-state index contributed by atoms with van der Waals surface area (Å²) in [6.45, 7) is 3.62. The summed E-state index contributed by atoms with van der Waals surface area (Å²) in [7, 11) is 1.63. The van der Waals surface area contributed by atoms with Crippen LogP contribution in [0.15, 0.2) is 35.2 Å². The van der Waals surface area contributed by atoms with E-state index in [9.17, 15) is 14.9 Å². The van der Waals surface area contributed by atoms with Crippen LogP contribution < -0.4 is 10.6 Å². The number of thioether (sulfide) groups is 1. The van der Waals surface area contributed by atoms with Crippen molar-refractivity contribution in [2.75, 3.05) is 23.4 Å². The Morgan fingerprint density at radius 1 is 1.52 bits per heavy atom. The number of hydrogen-bond acceptors (Lipinski definition) is 8. The average molecular weight is 351 g/mol. The molecule has 0 saturated carbocycles. The highest BCUT2D eigenvalue weighted by Crippen LogP contribution is 2.27. The summed E-state index contributed by atoms with van der Waals surface area (Å²) in [5.74, 6) is 0.201. The van der Waals surface area contributed by atoms with E-state index in [-0.39, 0.29) is 11.3 Å². The van der Waals surface area contributed by atoms with Crippen LogP contribution in [-0.2, 0) is 0 Å². The van der Waals surface area contributed by atoms with Crippen molar-refractivity contribution in [1.82, 2.24) is 10.2 Å². The van der Waals surface area contributed by atoms with Gasteiger partial charge in [-0.3, -0.25) is 20.2 Å². The molecular formula is C13H13N5O3S2. The minimum absolute atomic E-state index is 0.159. The Bertz CT molecular complexity index is 747. The molecule has 1 aromatic heterocycles. The van der Waals surface area contributed by atoms with Gasteiger partial charge in [-0.05, 0) is 6.07 Å². The molecule has 23 heavy (non-hydrogen) atoms. The molecule has 0 aliphatic rings. The predicted octanol–water partition coefficient (Wildman–Crippen LogP) is 3.02. The molecule has 0 spiro atoms. The number of carbonyl (C=O) groups excluding carboxylic acids is 1. The van der Waals surface area contributed by atoms with Crippen LogP contribution in [0.5, 0.6) is 0 Å². The van der Waals surface area contributed by atoms with Crippen molar-refractivity contribution in [2.45, 2.75) is 4.34 Å². The molecule has 1 amide bonds. The lowest BCUT2D eigenvalue weighted by Gasteiger charge is -2.07. The van der Waals surface area contributed by atoms with Crippen LogP contribution in [0, 0.1) is 10.1 Å². The van der Waals surface area contributed by atoms with Crippen molar-refractivity contribution in [3.05, 3.63) is 46.5 Å². The summed E-state index contributed by atoms with van der Waals surface area (Å²) < 4.78 is 0.702. The van der Waals surface area contributed by atoms with Crippen LogP contribution in [0.2, 0.25) is 0 Å². The molecule has 1 heterocycles. The number of nitrogens with zero attached hydrogens (tertiary/aromatic N) is 3.